The fraction of sp³-hybridized carbons (Fsp3) is 0.188. The Labute approximate surface area is 125 Å². The van der Waals surface area contributed by atoms with Gasteiger partial charge in [0.25, 0.3) is 0 Å². The van der Waals surface area contributed by atoms with Crippen molar-refractivity contribution in [2.45, 2.75) is 20.8 Å². The van der Waals surface area contributed by atoms with E-state index in [1.165, 1.54) is 5.56 Å². The van der Waals surface area contributed by atoms with Crippen LogP contribution in [0.2, 0.25) is 0 Å². The first-order valence-electron chi connectivity index (χ1n) is 5.55. The largest absolute Gasteiger partial charge is 2.00 e. The van der Waals surface area contributed by atoms with E-state index in [-0.39, 0.29) is 28.5 Å². The van der Waals surface area contributed by atoms with Crippen molar-refractivity contribution in [3.05, 3.63) is 67.6 Å². The minimum atomic E-state index is 0. The summed E-state index contributed by atoms with van der Waals surface area (Å²) in [6.07, 6.45) is 0. The first-order chi connectivity index (χ1) is 7.84. The standard InChI is InChI=1S/C13H11O.C2H6.CH3.W/c1-11-7-9-13(10-8-11)14-12-5-3-2-4-6-12;1-2;;/h3-10H,1H3;1-2H3;1H3;/q-1;;-1;+2. The first kappa shape index (κ1) is 19.3. The van der Waals surface area contributed by atoms with Crippen LogP contribution in [-0.4, -0.2) is 0 Å². The molecule has 0 heterocycles. The molecule has 0 atom stereocenters. The summed E-state index contributed by atoms with van der Waals surface area (Å²) in [5.74, 6) is 1.70. The Kier molecular flexibility index (Phi) is 11.8. The summed E-state index contributed by atoms with van der Waals surface area (Å²) < 4.78 is 5.61. The molecule has 2 aromatic rings. The molecule has 2 heteroatoms. The van der Waals surface area contributed by atoms with Gasteiger partial charge in [0.2, 0.25) is 0 Å². The molecule has 0 saturated heterocycles. The third-order valence-electron chi connectivity index (χ3n) is 1.94. The van der Waals surface area contributed by atoms with E-state index < -0.39 is 0 Å². The van der Waals surface area contributed by atoms with Gasteiger partial charge in [-0.15, -0.1) is 12.1 Å². The van der Waals surface area contributed by atoms with Crippen LogP contribution in [-0.2, 0) is 21.1 Å². The molecule has 0 bridgehead atoms. The van der Waals surface area contributed by atoms with Crippen LogP contribution in [0.5, 0.6) is 11.5 Å². The van der Waals surface area contributed by atoms with Crippen molar-refractivity contribution in [1.29, 1.82) is 0 Å². The Hall–Kier alpha value is -1.07. The fourth-order valence-corrected chi connectivity index (χ4v) is 1.18. The fourth-order valence-electron chi connectivity index (χ4n) is 1.18. The average Bonchev–Trinajstić information content (AvgIpc) is 2.36. The predicted molar refractivity (Wildman–Crippen MR) is 74.3 cm³/mol. The zero-order valence-corrected chi connectivity index (χ0v) is 14.4. The van der Waals surface area contributed by atoms with E-state index in [2.05, 4.69) is 13.0 Å². The monoisotopic (exact) mass is 412 g/mol. The Morgan fingerprint density at radius 1 is 0.833 bits per heavy atom. The smallest absolute Gasteiger partial charge is 0.483 e. The van der Waals surface area contributed by atoms with Crippen LogP contribution < -0.4 is 4.74 Å². The summed E-state index contributed by atoms with van der Waals surface area (Å²) in [5.41, 5.74) is 1.23. The van der Waals surface area contributed by atoms with Crippen LogP contribution in [0.15, 0.2) is 48.5 Å². The summed E-state index contributed by atoms with van der Waals surface area (Å²) in [7, 11) is 0. The quantitative estimate of drug-likeness (QED) is 0.627. The summed E-state index contributed by atoms with van der Waals surface area (Å²) in [6.45, 7) is 6.06. The van der Waals surface area contributed by atoms with E-state index in [4.69, 9.17) is 4.74 Å². The Bertz CT molecular complexity index is 395. The van der Waals surface area contributed by atoms with Crippen molar-refractivity contribution < 1.29 is 25.8 Å². The van der Waals surface area contributed by atoms with Gasteiger partial charge in [-0.1, -0.05) is 31.5 Å². The molecule has 0 radical (unpaired) electrons. The molecule has 0 amide bonds. The van der Waals surface area contributed by atoms with E-state index in [1.54, 1.807) is 0 Å². The van der Waals surface area contributed by atoms with E-state index in [1.807, 2.05) is 62.4 Å². The Morgan fingerprint density at radius 2 is 1.28 bits per heavy atom. The molecule has 0 N–H and O–H groups in total. The number of hydrogen-bond acceptors (Lipinski definition) is 1. The normalized spacial score (nSPS) is 7.94. The van der Waals surface area contributed by atoms with Crippen molar-refractivity contribution in [2.24, 2.45) is 0 Å². The van der Waals surface area contributed by atoms with Crippen molar-refractivity contribution in [1.82, 2.24) is 0 Å². The van der Waals surface area contributed by atoms with Crippen LogP contribution in [0.4, 0.5) is 0 Å². The molecule has 0 saturated carbocycles. The zero-order valence-electron chi connectivity index (χ0n) is 11.4. The minimum absolute atomic E-state index is 0. The topological polar surface area (TPSA) is 9.23 Å². The molecule has 2 rings (SSSR count). The van der Waals surface area contributed by atoms with E-state index in [9.17, 15) is 0 Å². The van der Waals surface area contributed by atoms with E-state index in [0.29, 0.717) is 0 Å². The molecule has 96 valence electrons. The summed E-state index contributed by atoms with van der Waals surface area (Å²) in [4.78, 5) is 0. The molecule has 2 aromatic carbocycles. The molecule has 18 heavy (non-hydrogen) atoms. The van der Waals surface area contributed by atoms with Gasteiger partial charge in [-0.3, -0.25) is 0 Å². The SMILES string of the molecule is CC.Cc1ccc(Oc2cc[c-]cc2)cc1.[CH3-].[W+2]. The minimum Gasteiger partial charge on any atom is -0.483 e. The van der Waals surface area contributed by atoms with Crippen molar-refractivity contribution in [2.75, 3.05) is 0 Å². The van der Waals surface area contributed by atoms with Crippen LogP contribution in [0.25, 0.3) is 0 Å². The summed E-state index contributed by atoms with van der Waals surface area (Å²) in [6, 6.07) is 18.4. The summed E-state index contributed by atoms with van der Waals surface area (Å²) >= 11 is 0. The van der Waals surface area contributed by atoms with Crippen LogP contribution in [0.3, 0.4) is 0 Å². The van der Waals surface area contributed by atoms with Gasteiger partial charge < -0.3 is 12.2 Å². The molecule has 0 unspecified atom stereocenters. The number of rotatable bonds is 2. The van der Waals surface area contributed by atoms with Gasteiger partial charge in [0, 0.05) is 5.75 Å². The van der Waals surface area contributed by atoms with Crippen molar-refractivity contribution in [3.63, 3.8) is 0 Å². The third-order valence-corrected chi connectivity index (χ3v) is 1.94. The zero-order chi connectivity index (χ0) is 11.8. The van der Waals surface area contributed by atoms with Gasteiger partial charge >= 0.3 is 21.1 Å². The van der Waals surface area contributed by atoms with Crippen LogP contribution in [0.1, 0.15) is 19.4 Å². The van der Waals surface area contributed by atoms with Gasteiger partial charge in [0.1, 0.15) is 5.75 Å². The number of aryl methyl sites for hydroxylation is 1. The number of ether oxygens (including phenoxy) is 1. The number of hydrogen-bond donors (Lipinski definition) is 0. The van der Waals surface area contributed by atoms with Gasteiger partial charge in [0.05, 0.1) is 0 Å². The molecule has 1 nitrogen and oxygen atoms in total. The van der Waals surface area contributed by atoms with E-state index in [0.717, 1.165) is 11.5 Å². The van der Waals surface area contributed by atoms with Gasteiger partial charge in [-0.2, -0.15) is 18.2 Å². The van der Waals surface area contributed by atoms with Gasteiger partial charge in [-0.05, 0) is 19.1 Å². The number of benzene rings is 2. The second-order valence-corrected chi connectivity index (χ2v) is 3.15. The maximum absolute atomic E-state index is 5.61. The maximum atomic E-state index is 5.61. The van der Waals surface area contributed by atoms with Gasteiger partial charge in [-0.25, -0.2) is 0 Å². The molecule has 0 aliphatic rings. The second-order valence-electron chi connectivity index (χ2n) is 3.15. The second kappa shape index (κ2) is 11.0. The molecule has 0 aromatic heterocycles. The molecule has 0 fully saturated rings. The maximum Gasteiger partial charge on any atom is 2.00 e. The Balaban J connectivity index is 0. The van der Waals surface area contributed by atoms with Crippen molar-refractivity contribution >= 4 is 0 Å². The van der Waals surface area contributed by atoms with Gasteiger partial charge in [0.15, 0.2) is 0 Å². The molecule has 0 spiro atoms. The molecule has 0 aliphatic carbocycles. The average molecular weight is 412 g/mol. The first-order valence-corrected chi connectivity index (χ1v) is 5.55. The molecule has 0 aliphatic heterocycles. The van der Waals surface area contributed by atoms with Crippen LogP contribution >= 0.6 is 0 Å². The molecular weight excluding hydrogens is 392 g/mol. The van der Waals surface area contributed by atoms with Crippen molar-refractivity contribution in [3.8, 4) is 11.5 Å². The van der Waals surface area contributed by atoms with E-state index >= 15 is 0 Å². The Morgan fingerprint density at radius 3 is 1.78 bits per heavy atom. The predicted octanol–water partition coefficient (Wildman–Crippen LogP) is 5.06. The summed E-state index contributed by atoms with van der Waals surface area (Å²) in [5, 5.41) is 0. The van der Waals surface area contributed by atoms with Crippen LogP contribution in [0, 0.1) is 20.4 Å². The third kappa shape index (κ3) is 6.61. The molecular formula is C16H20OW.